The van der Waals surface area contributed by atoms with Gasteiger partial charge in [-0.15, -0.1) is 0 Å². The molecule has 0 aliphatic heterocycles. The van der Waals surface area contributed by atoms with Crippen molar-refractivity contribution in [1.29, 1.82) is 0 Å². The molecule has 1 aliphatic rings. The normalized spacial score (nSPS) is 22.0. The molecule has 100 valence electrons. The molecule has 0 radical (unpaired) electrons. The van der Waals surface area contributed by atoms with Gasteiger partial charge in [-0.1, -0.05) is 29.3 Å². The van der Waals surface area contributed by atoms with Crippen LogP contribution in [0.1, 0.15) is 32.3 Å². The quantitative estimate of drug-likeness (QED) is 0.789. The van der Waals surface area contributed by atoms with Crippen molar-refractivity contribution >= 4 is 31.9 Å². The van der Waals surface area contributed by atoms with Gasteiger partial charge in [0.05, 0.1) is 11.1 Å². The fraction of sp³-hybridized carbons (Fsp3) is 0.571. The summed E-state index contributed by atoms with van der Waals surface area (Å²) in [5, 5.41) is 3.61. The minimum absolute atomic E-state index is 0.689. The third-order valence-corrected chi connectivity index (χ3v) is 4.42. The summed E-state index contributed by atoms with van der Waals surface area (Å²) in [5.41, 5.74) is 1.21. The van der Waals surface area contributed by atoms with Gasteiger partial charge in [-0.05, 0) is 47.3 Å². The molecule has 18 heavy (non-hydrogen) atoms. The molecule has 0 saturated heterocycles. The van der Waals surface area contributed by atoms with E-state index in [1.165, 1.54) is 18.4 Å². The Bertz CT molecular complexity index is 423. The van der Waals surface area contributed by atoms with E-state index in [0.717, 1.165) is 27.2 Å². The van der Waals surface area contributed by atoms with Crippen molar-refractivity contribution in [3.8, 4) is 5.75 Å². The zero-order valence-electron chi connectivity index (χ0n) is 10.8. The second-order valence-corrected chi connectivity index (χ2v) is 6.47. The topological polar surface area (TPSA) is 21.3 Å². The van der Waals surface area contributed by atoms with E-state index >= 15 is 0 Å². The Labute approximate surface area is 126 Å². The molecule has 1 N–H and O–H groups in total. The smallest absolute Gasteiger partial charge is 0.138 e. The van der Waals surface area contributed by atoms with Gasteiger partial charge in [0.2, 0.25) is 0 Å². The van der Waals surface area contributed by atoms with Crippen molar-refractivity contribution in [2.45, 2.75) is 39.3 Å². The van der Waals surface area contributed by atoms with E-state index in [1.54, 1.807) is 0 Å². The highest BCUT2D eigenvalue weighted by Crippen LogP contribution is 2.36. The van der Waals surface area contributed by atoms with Crippen LogP contribution in [-0.2, 0) is 6.54 Å². The SMILES string of the molecule is CCOc1c(Br)cc(Br)cc1CNC1CC1CC. The molecule has 1 aromatic rings. The van der Waals surface area contributed by atoms with Crippen molar-refractivity contribution in [3.63, 3.8) is 0 Å². The van der Waals surface area contributed by atoms with E-state index in [9.17, 15) is 0 Å². The van der Waals surface area contributed by atoms with Crippen LogP contribution in [0.5, 0.6) is 5.75 Å². The molecule has 2 nitrogen and oxygen atoms in total. The molecule has 1 aromatic carbocycles. The first-order valence-corrected chi connectivity index (χ1v) is 8.08. The fourth-order valence-corrected chi connectivity index (χ4v) is 3.67. The van der Waals surface area contributed by atoms with Crippen LogP contribution in [0.15, 0.2) is 21.1 Å². The lowest BCUT2D eigenvalue weighted by Crippen LogP contribution is -2.18. The number of benzene rings is 1. The predicted molar refractivity (Wildman–Crippen MR) is 82.0 cm³/mol. The Morgan fingerprint density at radius 1 is 1.33 bits per heavy atom. The monoisotopic (exact) mass is 375 g/mol. The molecule has 2 rings (SSSR count). The Balaban J connectivity index is 2.05. The summed E-state index contributed by atoms with van der Waals surface area (Å²) < 4.78 is 7.81. The second kappa shape index (κ2) is 6.40. The molecule has 0 heterocycles. The standard InChI is InChI=1S/C14H19Br2NO/c1-3-9-6-13(9)17-8-10-5-11(15)7-12(16)14(10)18-4-2/h5,7,9,13,17H,3-4,6,8H2,1-2H3. The van der Waals surface area contributed by atoms with E-state index < -0.39 is 0 Å². The minimum atomic E-state index is 0.689. The minimum Gasteiger partial charge on any atom is -0.492 e. The Hall–Kier alpha value is -0.0600. The third kappa shape index (κ3) is 3.49. The number of ether oxygens (including phenoxy) is 1. The molecule has 2 unspecified atom stereocenters. The molecule has 0 amide bonds. The molecular formula is C14H19Br2NO. The van der Waals surface area contributed by atoms with Crippen molar-refractivity contribution in [1.82, 2.24) is 5.32 Å². The molecule has 0 bridgehead atoms. The summed E-state index contributed by atoms with van der Waals surface area (Å²) in [6.45, 7) is 5.83. The summed E-state index contributed by atoms with van der Waals surface area (Å²) in [6, 6.07) is 4.86. The number of rotatable bonds is 6. The van der Waals surface area contributed by atoms with Gasteiger partial charge < -0.3 is 10.1 Å². The first-order valence-electron chi connectivity index (χ1n) is 6.49. The maximum absolute atomic E-state index is 5.72. The van der Waals surface area contributed by atoms with Gasteiger partial charge in [0.15, 0.2) is 0 Å². The molecule has 1 saturated carbocycles. The van der Waals surface area contributed by atoms with Gasteiger partial charge in [-0.25, -0.2) is 0 Å². The van der Waals surface area contributed by atoms with E-state index in [2.05, 4.69) is 50.2 Å². The van der Waals surface area contributed by atoms with Gasteiger partial charge >= 0.3 is 0 Å². The highest BCUT2D eigenvalue weighted by molar-refractivity contribution is 9.11. The van der Waals surface area contributed by atoms with E-state index in [-0.39, 0.29) is 0 Å². The summed E-state index contributed by atoms with van der Waals surface area (Å²) in [5.74, 6) is 1.83. The van der Waals surface area contributed by atoms with Crippen molar-refractivity contribution in [2.75, 3.05) is 6.61 Å². The fourth-order valence-electron chi connectivity index (χ4n) is 2.24. The van der Waals surface area contributed by atoms with Crippen molar-refractivity contribution in [3.05, 3.63) is 26.6 Å². The molecule has 1 fully saturated rings. The Morgan fingerprint density at radius 3 is 2.72 bits per heavy atom. The summed E-state index contributed by atoms with van der Waals surface area (Å²) in [6.07, 6.45) is 2.59. The molecule has 1 aliphatic carbocycles. The molecule has 0 spiro atoms. The molecular weight excluding hydrogens is 358 g/mol. The third-order valence-electron chi connectivity index (χ3n) is 3.38. The van der Waals surface area contributed by atoms with Crippen LogP contribution in [-0.4, -0.2) is 12.6 Å². The van der Waals surface area contributed by atoms with E-state index in [1.807, 2.05) is 13.0 Å². The number of hydrogen-bond donors (Lipinski definition) is 1. The second-order valence-electron chi connectivity index (χ2n) is 4.70. The first-order chi connectivity index (χ1) is 8.65. The highest BCUT2D eigenvalue weighted by Gasteiger charge is 2.34. The zero-order valence-corrected chi connectivity index (χ0v) is 14.0. The van der Waals surface area contributed by atoms with Crippen LogP contribution in [0.3, 0.4) is 0 Å². The number of nitrogens with one attached hydrogen (secondary N) is 1. The van der Waals surface area contributed by atoms with Crippen LogP contribution < -0.4 is 10.1 Å². The van der Waals surface area contributed by atoms with E-state index in [0.29, 0.717) is 12.6 Å². The van der Waals surface area contributed by atoms with Crippen LogP contribution >= 0.6 is 31.9 Å². The summed E-state index contributed by atoms with van der Waals surface area (Å²) in [7, 11) is 0. The molecule has 0 aromatic heterocycles. The molecule has 4 heteroatoms. The average molecular weight is 377 g/mol. The highest BCUT2D eigenvalue weighted by atomic mass is 79.9. The Kier molecular flexibility index (Phi) is 5.10. The lowest BCUT2D eigenvalue weighted by molar-refractivity contribution is 0.333. The van der Waals surface area contributed by atoms with Crippen molar-refractivity contribution in [2.24, 2.45) is 5.92 Å². The zero-order chi connectivity index (χ0) is 13.1. The van der Waals surface area contributed by atoms with Gasteiger partial charge in [-0.2, -0.15) is 0 Å². The summed E-state index contributed by atoms with van der Waals surface area (Å²) >= 11 is 7.10. The lowest BCUT2D eigenvalue weighted by Gasteiger charge is -2.13. The predicted octanol–water partition coefficient (Wildman–Crippen LogP) is 4.50. The largest absolute Gasteiger partial charge is 0.492 e. The Morgan fingerprint density at radius 2 is 2.11 bits per heavy atom. The van der Waals surface area contributed by atoms with Gasteiger partial charge in [-0.3, -0.25) is 0 Å². The summed E-state index contributed by atoms with van der Waals surface area (Å²) in [4.78, 5) is 0. The first kappa shape index (κ1) is 14.4. The average Bonchev–Trinajstić information content (AvgIpc) is 3.09. The van der Waals surface area contributed by atoms with Crippen molar-refractivity contribution < 1.29 is 4.74 Å². The van der Waals surface area contributed by atoms with Crippen LogP contribution in [0, 0.1) is 5.92 Å². The maximum atomic E-state index is 5.72. The van der Waals surface area contributed by atoms with Crippen LogP contribution in [0.4, 0.5) is 0 Å². The van der Waals surface area contributed by atoms with Gasteiger partial charge in [0.25, 0.3) is 0 Å². The van der Waals surface area contributed by atoms with Crippen LogP contribution in [0.25, 0.3) is 0 Å². The van der Waals surface area contributed by atoms with Gasteiger partial charge in [0.1, 0.15) is 5.75 Å². The number of hydrogen-bond acceptors (Lipinski definition) is 2. The maximum Gasteiger partial charge on any atom is 0.138 e. The number of halogens is 2. The molecule has 2 atom stereocenters. The lowest BCUT2D eigenvalue weighted by atomic mass is 10.2. The van der Waals surface area contributed by atoms with Crippen LogP contribution in [0.2, 0.25) is 0 Å². The van der Waals surface area contributed by atoms with Gasteiger partial charge in [0, 0.05) is 22.6 Å². The van der Waals surface area contributed by atoms with E-state index in [4.69, 9.17) is 4.74 Å².